The number of nitrogens with one attached hydrogen (secondary N) is 1. The minimum atomic E-state index is -0.397. The number of thiophene rings is 1. The summed E-state index contributed by atoms with van der Waals surface area (Å²) in [7, 11) is 1.56. The van der Waals surface area contributed by atoms with Crippen molar-refractivity contribution >= 4 is 28.2 Å². The van der Waals surface area contributed by atoms with Crippen molar-refractivity contribution in [2.75, 3.05) is 25.6 Å². The van der Waals surface area contributed by atoms with Crippen LogP contribution in [-0.4, -0.2) is 32.2 Å². The van der Waals surface area contributed by atoms with Gasteiger partial charge in [-0.15, -0.1) is 11.3 Å². The monoisotopic (exact) mass is 435 g/mol. The van der Waals surface area contributed by atoms with E-state index in [4.69, 9.17) is 9.47 Å². The molecule has 1 aromatic heterocycles. The number of aryl methyl sites for hydroxylation is 1. The maximum absolute atomic E-state index is 12.9. The Hall–Kier alpha value is -2.96. The average molecular weight is 436 g/mol. The quantitative estimate of drug-likeness (QED) is 0.401. The number of carbonyl (C=O) groups is 2. The number of rotatable bonds is 7. The molecule has 0 fully saturated rings. The van der Waals surface area contributed by atoms with Gasteiger partial charge in [0.05, 0.1) is 12.2 Å². The molecule has 1 N–H and O–H groups in total. The van der Waals surface area contributed by atoms with E-state index < -0.39 is 5.97 Å². The van der Waals surface area contributed by atoms with E-state index in [1.807, 2.05) is 54.6 Å². The van der Waals surface area contributed by atoms with Gasteiger partial charge >= 0.3 is 5.97 Å². The first-order chi connectivity index (χ1) is 15.2. The van der Waals surface area contributed by atoms with Crippen LogP contribution in [-0.2, 0) is 22.3 Å². The summed E-state index contributed by atoms with van der Waals surface area (Å²) in [5.41, 5.74) is 4.22. The van der Waals surface area contributed by atoms with Gasteiger partial charge in [-0.1, -0.05) is 42.5 Å². The summed E-state index contributed by atoms with van der Waals surface area (Å²) in [6.07, 6.45) is 3.90. The molecule has 1 aliphatic carbocycles. The van der Waals surface area contributed by atoms with Crippen molar-refractivity contribution in [1.29, 1.82) is 0 Å². The molecule has 1 amide bonds. The van der Waals surface area contributed by atoms with E-state index in [2.05, 4.69) is 5.32 Å². The lowest BCUT2D eigenvalue weighted by Gasteiger charge is -2.13. The smallest absolute Gasteiger partial charge is 0.341 e. The molecule has 0 radical (unpaired) electrons. The molecule has 5 nitrogen and oxygen atoms in total. The number of amides is 1. The molecule has 160 valence electrons. The van der Waals surface area contributed by atoms with E-state index >= 15 is 0 Å². The van der Waals surface area contributed by atoms with Crippen LogP contribution in [0.5, 0.6) is 0 Å². The Labute approximate surface area is 186 Å². The lowest BCUT2D eigenvalue weighted by molar-refractivity contribution is 0.0388. The summed E-state index contributed by atoms with van der Waals surface area (Å²) < 4.78 is 10.3. The third-order valence-electron chi connectivity index (χ3n) is 5.38. The fourth-order valence-electron chi connectivity index (χ4n) is 3.78. The largest absolute Gasteiger partial charge is 0.460 e. The molecule has 0 spiro atoms. The zero-order chi connectivity index (χ0) is 21.6. The number of hydrogen-bond donors (Lipinski definition) is 1. The van der Waals surface area contributed by atoms with Gasteiger partial charge in [0.2, 0.25) is 0 Å². The minimum Gasteiger partial charge on any atom is -0.460 e. The van der Waals surface area contributed by atoms with Gasteiger partial charge < -0.3 is 14.8 Å². The van der Waals surface area contributed by atoms with Crippen molar-refractivity contribution in [3.63, 3.8) is 0 Å². The minimum absolute atomic E-state index is 0.189. The molecule has 0 atom stereocenters. The zero-order valence-electron chi connectivity index (χ0n) is 17.5. The molecule has 0 aliphatic heterocycles. The molecular weight excluding hydrogens is 410 g/mol. The van der Waals surface area contributed by atoms with Crippen LogP contribution in [0.3, 0.4) is 0 Å². The molecule has 4 rings (SSSR count). The van der Waals surface area contributed by atoms with Crippen LogP contribution >= 0.6 is 11.3 Å². The molecule has 1 aliphatic rings. The Bertz CT molecular complexity index is 1060. The standard InChI is InChI=1S/C25H25NO4S/c1-29-15-16-30-25(28)22-20-9-5-6-10-21(20)31-24(22)26-23(27)19-13-11-18(12-14-19)17-7-3-2-4-8-17/h2-4,7-8,11-14H,5-6,9-10,15-16H2,1H3,(H,26,27). The van der Waals surface area contributed by atoms with E-state index in [1.165, 1.54) is 16.2 Å². The second-order valence-electron chi connectivity index (χ2n) is 7.44. The van der Waals surface area contributed by atoms with E-state index in [1.54, 1.807) is 7.11 Å². The highest BCUT2D eigenvalue weighted by Gasteiger charge is 2.27. The number of methoxy groups -OCH3 is 1. The SMILES string of the molecule is COCCOC(=O)c1c(NC(=O)c2ccc(-c3ccccc3)cc2)sc2c1CCCC2. The Balaban J connectivity index is 1.55. The summed E-state index contributed by atoms with van der Waals surface area (Å²) in [5, 5.41) is 3.54. The topological polar surface area (TPSA) is 64.6 Å². The first kappa shape index (κ1) is 21.3. The van der Waals surface area contributed by atoms with Gasteiger partial charge in [0, 0.05) is 17.6 Å². The van der Waals surface area contributed by atoms with E-state index in [9.17, 15) is 9.59 Å². The first-order valence-corrected chi connectivity index (χ1v) is 11.3. The van der Waals surface area contributed by atoms with Crippen LogP contribution in [0.2, 0.25) is 0 Å². The van der Waals surface area contributed by atoms with Crippen molar-refractivity contribution in [2.45, 2.75) is 25.7 Å². The average Bonchev–Trinajstić information content (AvgIpc) is 3.17. The predicted octanol–water partition coefficient (Wildman–Crippen LogP) is 5.35. The molecular formula is C25H25NO4S. The number of carbonyl (C=O) groups excluding carboxylic acids is 2. The van der Waals surface area contributed by atoms with Crippen molar-refractivity contribution in [2.24, 2.45) is 0 Å². The van der Waals surface area contributed by atoms with Crippen molar-refractivity contribution < 1.29 is 19.1 Å². The van der Waals surface area contributed by atoms with Crippen LogP contribution < -0.4 is 5.32 Å². The van der Waals surface area contributed by atoms with Crippen molar-refractivity contribution in [3.8, 4) is 11.1 Å². The second-order valence-corrected chi connectivity index (χ2v) is 8.55. The Morgan fingerprint density at radius 3 is 2.39 bits per heavy atom. The molecule has 1 heterocycles. The lowest BCUT2D eigenvalue weighted by Crippen LogP contribution is -2.17. The van der Waals surface area contributed by atoms with Crippen LogP contribution in [0, 0.1) is 0 Å². The van der Waals surface area contributed by atoms with Crippen LogP contribution in [0.25, 0.3) is 11.1 Å². The molecule has 3 aromatic rings. The molecule has 0 unspecified atom stereocenters. The van der Waals surface area contributed by atoms with Crippen molar-refractivity contribution in [3.05, 3.63) is 76.2 Å². The fraction of sp³-hybridized carbons (Fsp3) is 0.280. The lowest BCUT2D eigenvalue weighted by atomic mass is 9.95. The van der Waals surface area contributed by atoms with Gasteiger partial charge in [-0.05, 0) is 54.5 Å². The van der Waals surface area contributed by atoms with Gasteiger partial charge in [0.25, 0.3) is 5.91 Å². The second kappa shape index (κ2) is 9.90. The molecule has 0 saturated heterocycles. The summed E-state index contributed by atoms with van der Waals surface area (Å²) in [4.78, 5) is 26.9. The van der Waals surface area contributed by atoms with Gasteiger partial charge in [0.15, 0.2) is 0 Å². The Morgan fingerprint density at radius 1 is 0.935 bits per heavy atom. The zero-order valence-corrected chi connectivity index (χ0v) is 18.3. The molecule has 31 heavy (non-hydrogen) atoms. The van der Waals surface area contributed by atoms with Gasteiger partial charge in [0.1, 0.15) is 11.6 Å². The number of benzene rings is 2. The maximum Gasteiger partial charge on any atom is 0.341 e. The number of hydrogen-bond acceptors (Lipinski definition) is 5. The van der Waals surface area contributed by atoms with Crippen LogP contribution in [0.4, 0.5) is 5.00 Å². The van der Waals surface area contributed by atoms with E-state index in [0.29, 0.717) is 22.7 Å². The number of anilines is 1. The molecule has 0 bridgehead atoms. The fourth-order valence-corrected chi connectivity index (χ4v) is 5.05. The van der Waals surface area contributed by atoms with Crippen LogP contribution in [0.1, 0.15) is 44.0 Å². The van der Waals surface area contributed by atoms with Gasteiger partial charge in [-0.25, -0.2) is 4.79 Å². The van der Waals surface area contributed by atoms with Crippen LogP contribution in [0.15, 0.2) is 54.6 Å². The first-order valence-electron chi connectivity index (χ1n) is 10.4. The highest BCUT2D eigenvalue weighted by molar-refractivity contribution is 7.17. The third-order valence-corrected chi connectivity index (χ3v) is 6.58. The summed E-state index contributed by atoms with van der Waals surface area (Å²) >= 11 is 1.49. The van der Waals surface area contributed by atoms with E-state index in [0.717, 1.165) is 42.4 Å². The summed E-state index contributed by atoms with van der Waals surface area (Å²) in [6.45, 7) is 0.530. The van der Waals surface area contributed by atoms with E-state index in [-0.39, 0.29) is 12.5 Å². The predicted molar refractivity (Wildman–Crippen MR) is 123 cm³/mol. The Kier molecular flexibility index (Phi) is 6.79. The van der Waals surface area contributed by atoms with Gasteiger partial charge in [-0.3, -0.25) is 4.79 Å². The molecule has 2 aromatic carbocycles. The van der Waals surface area contributed by atoms with Crippen molar-refractivity contribution in [1.82, 2.24) is 0 Å². The summed E-state index contributed by atoms with van der Waals surface area (Å²) in [5.74, 6) is -0.629. The number of esters is 1. The number of fused-ring (bicyclic) bond motifs is 1. The highest BCUT2D eigenvalue weighted by Crippen LogP contribution is 2.38. The maximum atomic E-state index is 12.9. The normalized spacial score (nSPS) is 12.8. The summed E-state index contributed by atoms with van der Waals surface area (Å²) in [6, 6.07) is 17.5. The highest BCUT2D eigenvalue weighted by atomic mass is 32.1. The third kappa shape index (κ3) is 4.86. The molecule has 6 heteroatoms. The van der Waals surface area contributed by atoms with Gasteiger partial charge in [-0.2, -0.15) is 0 Å². The Morgan fingerprint density at radius 2 is 1.65 bits per heavy atom. The molecule has 0 saturated carbocycles. The number of ether oxygens (including phenoxy) is 2.